The number of aromatic nitrogens is 1. The van der Waals surface area contributed by atoms with Crippen molar-refractivity contribution in [1.29, 1.82) is 0 Å². The first-order valence-electron chi connectivity index (χ1n) is 18.0. The molecule has 4 aliphatic rings. The highest BCUT2D eigenvalue weighted by atomic mass is 35.5. The SMILES string of the molecule is COc1cc(-c2cn(C)c(=O)c3c2C=NC3)cc(Cl)c1CN1CCC(N(C)C(=O)N2CCC(c3ccc(OC4CCC(=O)NC4=O)cc3)CC2)CC1. The lowest BCUT2D eigenvalue weighted by Crippen LogP contribution is -2.51. The lowest BCUT2D eigenvalue weighted by atomic mass is 9.89. The van der Waals surface area contributed by atoms with Gasteiger partial charge in [-0.3, -0.25) is 29.6 Å². The van der Waals surface area contributed by atoms with Crippen molar-refractivity contribution in [1.82, 2.24) is 24.6 Å². The number of aryl methyl sites for hydroxylation is 1. The van der Waals surface area contributed by atoms with Crippen LogP contribution in [-0.4, -0.2) is 95.8 Å². The van der Waals surface area contributed by atoms with Gasteiger partial charge in [-0.05, 0) is 67.0 Å². The van der Waals surface area contributed by atoms with Crippen LogP contribution in [0.2, 0.25) is 5.02 Å². The van der Waals surface area contributed by atoms with Gasteiger partial charge in [0.05, 0.1) is 13.7 Å². The van der Waals surface area contributed by atoms with Crippen LogP contribution < -0.4 is 20.3 Å². The molecule has 4 aliphatic heterocycles. The zero-order valence-corrected chi connectivity index (χ0v) is 30.7. The van der Waals surface area contributed by atoms with Gasteiger partial charge in [-0.15, -0.1) is 0 Å². The molecule has 0 radical (unpaired) electrons. The van der Waals surface area contributed by atoms with Crippen LogP contribution in [0.1, 0.15) is 66.7 Å². The van der Waals surface area contributed by atoms with Gasteiger partial charge in [-0.2, -0.15) is 0 Å². The first-order chi connectivity index (χ1) is 25.1. The van der Waals surface area contributed by atoms with E-state index in [1.54, 1.807) is 24.9 Å². The Labute approximate surface area is 308 Å². The van der Waals surface area contributed by atoms with Crippen LogP contribution in [0.3, 0.4) is 0 Å². The molecule has 0 spiro atoms. The number of nitrogens with zero attached hydrogens (tertiary/aromatic N) is 5. The third-order valence-corrected chi connectivity index (χ3v) is 11.4. The maximum atomic E-state index is 13.6. The number of methoxy groups -OCH3 is 1. The first-order valence-corrected chi connectivity index (χ1v) is 18.4. The summed E-state index contributed by atoms with van der Waals surface area (Å²) in [5.41, 5.74) is 5.39. The number of imide groups is 1. The number of benzene rings is 2. The number of aliphatic imine (C=N–C) groups is 1. The Morgan fingerprint density at radius 1 is 1.02 bits per heavy atom. The summed E-state index contributed by atoms with van der Waals surface area (Å²) in [4.78, 5) is 60.2. The van der Waals surface area contributed by atoms with Gasteiger partial charge in [-0.1, -0.05) is 23.7 Å². The molecule has 3 saturated heterocycles. The maximum absolute atomic E-state index is 13.6. The predicted molar refractivity (Wildman–Crippen MR) is 198 cm³/mol. The van der Waals surface area contributed by atoms with Crippen LogP contribution in [0, 0.1) is 0 Å². The van der Waals surface area contributed by atoms with E-state index < -0.39 is 6.10 Å². The number of carbonyl (C=O) groups is 3. The van der Waals surface area contributed by atoms with Crippen molar-refractivity contribution >= 4 is 35.7 Å². The predicted octanol–water partition coefficient (Wildman–Crippen LogP) is 4.73. The molecule has 274 valence electrons. The monoisotopic (exact) mass is 728 g/mol. The molecule has 0 aliphatic carbocycles. The molecule has 5 heterocycles. The van der Waals surface area contributed by atoms with E-state index >= 15 is 0 Å². The number of carbonyl (C=O) groups excluding carboxylic acids is 3. The van der Waals surface area contributed by atoms with Crippen LogP contribution in [-0.2, 0) is 29.7 Å². The molecule has 13 heteroatoms. The number of nitrogens with one attached hydrogen (secondary N) is 1. The van der Waals surface area contributed by atoms with Gasteiger partial charge in [-0.25, -0.2) is 4.79 Å². The number of likely N-dealkylation sites (tertiary alicyclic amines) is 2. The molecule has 3 aromatic rings. The molecule has 1 atom stereocenters. The molecule has 52 heavy (non-hydrogen) atoms. The molecule has 1 unspecified atom stereocenters. The first kappa shape index (κ1) is 35.7. The van der Waals surface area contributed by atoms with E-state index in [-0.39, 0.29) is 35.9 Å². The van der Waals surface area contributed by atoms with Gasteiger partial charge in [0.1, 0.15) is 11.5 Å². The molecular formula is C39H45ClN6O6. The van der Waals surface area contributed by atoms with Gasteiger partial charge in [0.2, 0.25) is 5.91 Å². The summed E-state index contributed by atoms with van der Waals surface area (Å²) in [7, 11) is 5.33. The van der Waals surface area contributed by atoms with Crippen molar-refractivity contribution in [2.45, 2.75) is 69.7 Å². The normalized spacial score (nSPS) is 19.8. The van der Waals surface area contributed by atoms with Crippen molar-refractivity contribution < 1.29 is 23.9 Å². The molecule has 1 N–H and O–H groups in total. The lowest BCUT2D eigenvalue weighted by molar-refractivity contribution is -0.138. The number of halogens is 1. The number of piperidine rings is 3. The fraction of sp³-hybridized carbons (Fsp3) is 0.462. The van der Waals surface area contributed by atoms with E-state index in [0.29, 0.717) is 60.6 Å². The average molecular weight is 729 g/mol. The van der Waals surface area contributed by atoms with Gasteiger partial charge < -0.3 is 23.8 Å². The van der Waals surface area contributed by atoms with Crippen LogP contribution in [0.15, 0.2) is 52.4 Å². The second-order valence-electron chi connectivity index (χ2n) is 14.2. The molecule has 7 rings (SSSR count). The minimum Gasteiger partial charge on any atom is -0.496 e. The summed E-state index contributed by atoms with van der Waals surface area (Å²) in [5.74, 6) is 1.00. The fourth-order valence-electron chi connectivity index (χ4n) is 7.91. The molecule has 1 aromatic heterocycles. The molecule has 0 saturated carbocycles. The Kier molecular flexibility index (Phi) is 10.4. The summed E-state index contributed by atoms with van der Waals surface area (Å²) in [5, 5.41) is 2.94. The van der Waals surface area contributed by atoms with E-state index in [9.17, 15) is 19.2 Å². The maximum Gasteiger partial charge on any atom is 0.319 e. The van der Waals surface area contributed by atoms with E-state index in [2.05, 4.69) is 15.2 Å². The highest BCUT2D eigenvalue weighted by Crippen LogP contribution is 2.37. The number of fused-ring (bicyclic) bond motifs is 1. The Hall–Kier alpha value is -4.68. The summed E-state index contributed by atoms with van der Waals surface area (Å²) in [6.07, 6.45) is 7.10. The Balaban J connectivity index is 0.903. The van der Waals surface area contributed by atoms with E-state index in [0.717, 1.165) is 61.0 Å². The van der Waals surface area contributed by atoms with Gasteiger partial charge in [0.25, 0.3) is 11.5 Å². The molecule has 3 fully saturated rings. The number of amides is 4. The fourth-order valence-corrected chi connectivity index (χ4v) is 8.18. The van der Waals surface area contributed by atoms with E-state index in [4.69, 9.17) is 21.1 Å². The molecule has 2 aromatic carbocycles. The quantitative estimate of drug-likeness (QED) is 0.333. The number of ether oxygens (including phenoxy) is 2. The summed E-state index contributed by atoms with van der Waals surface area (Å²) < 4.78 is 13.3. The van der Waals surface area contributed by atoms with Gasteiger partial charge >= 0.3 is 6.03 Å². The molecular weight excluding hydrogens is 684 g/mol. The molecule has 0 bridgehead atoms. The number of rotatable bonds is 8. The van der Waals surface area contributed by atoms with Crippen LogP contribution in [0.25, 0.3) is 11.1 Å². The minimum atomic E-state index is -0.654. The van der Waals surface area contributed by atoms with Crippen LogP contribution in [0.5, 0.6) is 11.5 Å². The Bertz CT molecular complexity index is 1950. The zero-order valence-electron chi connectivity index (χ0n) is 29.9. The topological polar surface area (TPSA) is 126 Å². The standard InChI is InChI=1S/C39H45ClN6O6/c1-43-22-31(29-20-41-21-30(29)38(43)49)26-18-33(40)32(35(19-26)51-3)23-45-14-12-27(13-15-45)44(2)39(50)46-16-10-25(11-17-46)24-4-6-28(7-5-24)52-34-8-9-36(47)42-37(34)48/h4-7,18-20,22,25,27,34H,8-17,21,23H2,1-3H3,(H,42,47,48). The summed E-state index contributed by atoms with van der Waals surface area (Å²) in [6.45, 7) is 4.09. The highest BCUT2D eigenvalue weighted by Gasteiger charge is 2.32. The number of pyridine rings is 1. The third-order valence-electron chi connectivity index (χ3n) is 11.0. The lowest BCUT2D eigenvalue weighted by Gasteiger charge is -2.40. The van der Waals surface area contributed by atoms with Crippen molar-refractivity contribution in [3.8, 4) is 22.6 Å². The smallest absolute Gasteiger partial charge is 0.319 e. The number of hydrogen-bond donors (Lipinski definition) is 1. The Morgan fingerprint density at radius 3 is 2.44 bits per heavy atom. The van der Waals surface area contributed by atoms with Crippen LogP contribution in [0.4, 0.5) is 4.79 Å². The summed E-state index contributed by atoms with van der Waals surface area (Å²) >= 11 is 6.92. The van der Waals surface area contributed by atoms with Gasteiger partial charge in [0.15, 0.2) is 6.10 Å². The van der Waals surface area contributed by atoms with E-state index in [1.807, 2.05) is 59.4 Å². The highest BCUT2D eigenvalue weighted by molar-refractivity contribution is 6.32. The number of urea groups is 1. The van der Waals surface area contributed by atoms with Crippen molar-refractivity contribution in [3.63, 3.8) is 0 Å². The van der Waals surface area contributed by atoms with Crippen molar-refractivity contribution in [2.24, 2.45) is 12.0 Å². The van der Waals surface area contributed by atoms with Crippen LogP contribution >= 0.6 is 11.6 Å². The van der Waals surface area contributed by atoms with Crippen molar-refractivity contribution in [3.05, 3.63) is 80.2 Å². The van der Waals surface area contributed by atoms with E-state index in [1.165, 1.54) is 5.56 Å². The average Bonchev–Trinajstić information content (AvgIpc) is 3.66. The molecule has 12 nitrogen and oxygen atoms in total. The zero-order chi connectivity index (χ0) is 36.5. The Morgan fingerprint density at radius 2 is 1.75 bits per heavy atom. The second-order valence-corrected chi connectivity index (χ2v) is 14.7. The minimum absolute atomic E-state index is 0.0355. The van der Waals surface area contributed by atoms with Gasteiger partial charge in [0, 0.05) is 105 Å². The van der Waals surface area contributed by atoms with Crippen molar-refractivity contribution in [2.75, 3.05) is 40.3 Å². The largest absolute Gasteiger partial charge is 0.496 e. The second kappa shape index (κ2) is 15.1. The summed E-state index contributed by atoms with van der Waals surface area (Å²) in [6, 6.07) is 12.0. The molecule has 4 amide bonds. The third kappa shape index (κ3) is 7.31. The number of hydrogen-bond acceptors (Lipinski definition) is 8.